The number of aliphatic hydroxyl groups excluding tert-OH is 1. The number of para-hydroxylation sites is 2. The van der Waals surface area contributed by atoms with Crippen LogP contribution in [0.4, 0.5) is 0 Å². The molecule has 6 heteroatoms. The molecule has 3 aromatic carbocycles. The van der Waals surface area contributed by atoms with E-state index in [4.69, 9.17) is 4.74 Å². The minimum atomic E-state index is -0.581. The molecule has 0 radical (unpaired) electrons. The molecule has 6 nitrogen and oxygen atoms in total. The largest absolute Gasteiger partial charge is 0.389 e. The zero-order valence-corrected chi connectivity index (χ0v) is 19.2. The molecular formula is C28H31N3O3. The molecule has 0 aliphatic carbocycles. The Labute approximate surface area is 199 Å². The van der Waals surface area contributed by atoms with Crippen molar-refractivity contribution in [1.82, 2.24) is 14.5 Å². The zero-order chi connectivity index (χ0) is 23.3. The number of aromatic nitrogens is 2. The van der Waals surface area contributed by atoms with Gasteiger partial charge in [0.2, 0.25) is 0 Å². The molecule has 1 fully saturated rings. The van der Waals surface area contributed by atoms with E-state index in [1.54, 1.807) is 0 Å². The highest BCUT2D eigenvalue weighted by Gasteiger charge is 2.25. The SMILES string of the molecule is O=c1[nH]c2ccccc2n1C1CCN(CC(O)COC(c2ccccc2)c2ccccc2)CC1. The number of hydrogen-bond acceptors (Lipinski definition) is 4. The van der Waals surface area contributed by atoms with Gasteiger partial charge in [0, 0.05) is 25.7 Å². The molecule has 0 amide bonds. The first-order valence-corrected chi connectivity index (χ1v) is 12.0. The molecule has 1 atom stereocenters. The third-order valence-electron chi connectivity index (χ3n) is 6.68. The third-order valence-corrected chi connectivity index (χ3v) is 6.68. The first kappa shape index (κ1) is 22.6. The van der Waals surface area contributed by atoms with Crippen molar-refractivity contribution in [2.45, 2.75) is 31.1 Å². The summed E-state index contributed by atoms with van der Waals surface area (Å²) in [6.07, 6.45) is 0.969. The number of imidazole rings is 1. The van der Waals surface area contributed by atoms with Gasteiger partial charge in [-0.25, -0.2) is 4.79 Å². The second-order valence-electron chi connectivity index (χ2n) is 9.04. The minimum absolute atomic E-state index is 0.0408. The Kier molecular flexibility index (Phi) is 6.90. The van der Waals surface area contributed by atoms with Crippen LogP contribution in [0.15, 0.2) is 89.7 Å². The van der Waals surface area contributed by atoms with E-state index in [1.807, 2.05) is 65.2 Å². The molecule has 5 rings (SSSR count). The smallest absolute Gasteiger partial charge is 0.326 e. The number of likely N-dealkylation sites (tertiary alicyclic amines) is 1. The number of ether oxygens (including phenoxy) is 1. The van der Waals surface area contributed by atoms with Crippen LogP contribution in [0.2, 0.25) is 0 Å². The number of hydrogen-bond donors (Lipinski definition) is 2. The summed E-state index contributed by atoms with van der Waals surface area (Å²) in [6.45, 7) is 2.50. The summed E-state index contributed by atoms with van der Waals surface area (Å²) in [7, 11) is 0. The molecule has 0 bridgehead atoms. The molecule has 4 aromatic rings. The van der Waals surface area contributed by atoms with Gasteiger partial charge < -0.3 is 19.7 Å². The summed E-state index contributed by atoms with van der Waals surface area (Å²) in [4.78, 5) is 17.7. The minimum Gasteiger partial charge on any atom is -0.389 e. The van der Waals surface area contributed by atoms with Gasteiger partial charge in [-0.1, -0.05) is 72.8 Å². The van der Waals surface area contributed by atoms with E-state index in [-0.39, 0.29) is 24.4 Å². The predicted octanol–water partition coefficient (Wildman–Crippen LogP) is 4.13. The highest BCUT2D eigenvalue weighted by Crippen LogP contribution is 2.27. The van der Waals surface area contributed by atoms with Crippen molar-refractivity contribution in [2.24, 2.45) is 0 Å². The molecule has 34 heavy (non-hydrogen) atoms. The van der Waals surface area contributed by atoms with Gasteiger partial charge in [0.1, 0.15) is 6.10 Å². The van der Waals surface area contributed by atoms with Crippen molar-refractivity contribution < 1.29 is 9.84 Å². The molecule has 0 saturated carbocycles. The van der Waals surface area contributed by atoms with Crippen LogP contribution >= 0.6 is 0 Å². The van der Waals surface area contributed by atoms with Gasteiger partial charge in [0.15, 0.2) is 0 Å². The fourth-order valence-corrected chi connectivity index (χ4v) is 5.00. The molecule has 1 aromatic heterocycles. The number of nitrogens with one attached hydrogen (secondary N) is 1. The standard InChI is InChI=1S/C28H31N3O3/c32-24(20-34-27(21-9-3-1-4-10-21)22-11-5-2-6-12-22)19-30-17-15-23(16-18-30)31-26-14-8-7-13-25(26)29-28(31)33/h1-14,23-24,27,32H,15-20H2,(H,29,33). The normalized spacial score (nSPS) is 16.3. The summed E-state index contributed by atoms with van der Waals surface area (Å²) < 4.78 is 8.13. The van der Waals surface area contributed by atoms with E-state index in [2.05, 4.69) is 34.1 Å². The van der Waals surface area contributed by atoms with Crippen LogP contribution in [0.5, 0.6) is 0 Å². The molecule has 1 saturated heterocycles. The second-order valence-corrected chi connectivity index (χ2v) is 9.04. The van der Waals surface area contributed by atoms with E-state index < -0.39 is 6.10 Å². The Morgan fingerprint density at radius 1 is 0.882 bits per heavy atom. The Hall–Kier alpha value is -3.19. The topological polar surface area (TPSA) is 70.5 Å². The van der Waals surface area contributed by atoms with Crippen LogP contribution in [0.1, 0.15) is 36.1 Å². The quantitative estimate of drug-likeness (QED) is 0.417. The monoisotopic (exact) mass is 457 g/mol. The maximum atomic E-state index is 12.5. The Balaban J connectivity index is 1.17. The van der Waals surface area contributed by atoms with Crippen molar-refractivity contribution in [1.29, 1.82) is 0 Å². The predicted molar refractivity (Wildman–Crippen MR) is 134 cm³/mol. The van der Waals surface area contributed by atoms with Crippen molar-refractivity contribution in [2.75, 3.05) is 26.2 Å². The van der Waals surface area contributed by atoms with Gasteiger partial charge in [-0.3, -0.25) is 4.57 Å². The number of rotatable bonds is 8. The molecule has 0 spiro atoms. The molecule has 2 N–H and O–H groups in total. The second kappa shape index (κ2) is 10.4. The summed E-state index contributed by atoms with van der Waals surface area (Å²) in [5.41, 5.74) is 3.96. The van der Waals surface area contributed by atoms with Gasteiger partial charge in [-0.15, -0.1) is 0 Å². The van der Waals surface area contributed by atoms with E-state index in [0.29, 0.717) is 6.54 Å². The summed E-state index contributed by atoms with van der Waals surface area (Å²) >= 11 is 0. The van der Waals surface area contributed by atoms with E-state index in [9.17, 15) is 9.90 Å². The van der Waals surface area contributed by atoms with Crippen LogP contribution in [0.25, 0.3) is 11.0 Å². The molecule has 176 valence electrons. The zero-order valence-electron chi connectivity index (χ0n) is 19.2. The van der Waals surface area contributed by atoms with Crippen molar-refractivity contribution in [3.8, 4) is 0 Å². The van der Waals surface area contributed by atoms with E-state index >= 15 is 0 Å². The molecular weight excluding hydrogens is 426 g/mol. The Bertz CT molecular complexity index is 1200. The molecule has 1 unspecified atom stereocenters. The van der Waals surface area contributed by atoms with Crippen LogP contribution in [-0.4, -0.2) is 51.9 Å². The molecule has 2 heterocycles. The van der Waals surface area contributed by atoms with Crippen molar-refractivity contribution in [3.05, 3.63) is 107 Å². The molecule has 1 aliphatic heterocycles. The maximum absolute atomic E-state index is 12.5. The lowest BCUT2D eigenvalue weighted by Gasteiger charge is -2.33. The first-order valence-electron chi connectivity index (χ1n) is 12.0. The highest BCUT2D eigenvalue weighted by atomic mass is 16.5. The van der Waals surface area contributed by atoms with Gasteiger partial charge in [0.25, 0.3) is 0 Å². The number of nitrogens with zero attached hydrogens (tertiary/aromatic N) is 2. The van der Waals surface area contributed by atoms with Gasteiger partial charge in [-0.2, -0.15) is 0 Å². The van der Waals surface area contributed by atoms with E-state index in [0.717, 1.165) is 48.1 Å². The number of β-amino-alcohol motifs (C(OH)–C–C–N with tert-alkyl or cyclic N) is 1. The van der Waals surface area contributed by atoms with Gasteiger partial charge in [0.05, 0.1) is 23.7 Å². The summed E-state index contributed by atoms with van der Waals surface area (Å²) in [6, 6.07) is 28.3. The fraction of sp³-hybridized carbons (Fsp3) is 0.321. The first-order chi connectivity index (χ1) is 16.7. The van der Waals surface area contributed by atoms with Gasteiger partial charge in [-0.05, 0) is 36.1 Å². The van der Waals surface area contributed by atoms with Crippen molar-refractivity contribution in [3.63, 3.8) is 0 Å². The average Bonchev–Trinajstić information content (AvgIpc) is 3.21. The van der Waals surface area contributed by atoms with Crippen molar-refractivity contribution >= 4 is 11.0 Å². The number of piperidine rings is 1. The van der Waals surface area contributed by atoms with Crippen LogP contribution in [-0.2, 0) is 4.74 Å². The van der Waals surface area contributed by atoms with Gasteiger partial charge >= 0.3 is 5.69 Å². The number of fused-ring (bicyclic) bond motifs is 1. The number of H-pyrrole nitrogens is 1. The fourth-order valence-electron chi connectivity index (χ4n) is 5.00. The number of aliphatic hydroxyl groups is 1. The van der Waals surface area contributed by atoms with Crippen LogP contribution in [0.3, 0.4) is 0 Å². The Morgan fingerprint density at radius 2 is 1.47 bits per heavy atom. The lowest BCUT2D eigenvalue weighted by Crippen LogP contribution is -2.41. The Morgan fingerprint density at radius 3 is 2.12 bits per heavy atom. The highest BCUT2D eigenvalue weighted by molar-refractivity contribution is 5.75. The van der Waals surface area contributed by atoms with Crippen LogP contribution < -0.4 is 5.69 Å². The molecule has 1 aliphatic rings. The maximum Gasteiger partial charge on any atom is 0.326 e. The average molecular weight is 458 g/mol. The number of benzene rings is 3. The number of aromatic amines is 1. The lowest BCUT2D eigenvalue weighted by molar-refractivity contribution is -0.0120. The summed E-state index contributed by atoms with van der Waals surface area (Å²) in [5.74, 6) is 0. The lowest BCUT2D eigenvalue weighted by atomic mass is 10.0. The third kappa shape index (κ3) is 4.99. The summed E-state index contributed by atoms with van der Waals surface area (Å²) in [5, 5.41) is 10.8. The van der Waals surface area contributed by atoms with Crippen LogP contribution in [0, 0.1) is 0 Å². The van der Waals surface area contributed by atoms with E-state index in [1.165, 1.54) is 0 Å².